The maximum atomic E-state index is 4.78. The predicted molar refractivity (Wildman–Crippen MR) is 81.6 cm³/mol. The summed E-state index contributed by atoms with van der Waals surface area (Å²) < 4.78 is 0. The molecule has 106 valence electrons. The van der Waals surface area contributed by atoms with E-state index < -0.39 is 0 Å². The normalized spacial score (nSPS) is 21.5. The molecule has 3 nitrogen and oxygen atoms in total. The fraction of sp³-hybridized carbons (Fsp3) is 0.688. The lowest BCUT2D eigenvalue weighted by atomic mass is 10.1. The molecule has 1 saturated carbocycles. The highest BCUT2D eigenvalue weighted by atomic mass is 15.2. The van der Waals surface area contributed by atoms with Crippen LogP contribution < -0.4 is 10.2 Å². The Labute approximate surface area is 117 Å². The molecule has 2 unspecified atom stereocenters. The monoisotopic (exact) mass is 261 g/mol. The van der Waals surface area contributed by atoms with Gasteiger partial charge in [-0.2, -0.15) is 0 Å². The maximum Gasteiger partial charge on any atom is 0.133 e. The number of pyridine rings is 1. The Kier molecular flexibility index (Phi) is 4.46. The third kappa shape index (κ3) is 3.47. The van der Waals surface area contributed by atoms with Crippen molar-refractivity contribution in [1.82, 2.24) is 10.3 Å². The van der Waals surface area contributed by atoms with E-state index in [4.69, 9.17) is 4.98 Å². The predicted octanol–water partition coefficient (Wildman–Crippen LogP) is 2.90. The highest BCUT2D eigenvalue weighted by Crippen LogP contribution is 2.39. The van der Waals surface area contributed by atoms with Crippen molar-refractivity contribution in [2.45, 2.75) is 40.7 Å². The van der Waals surface area contributed by atoms with E-state index in [1.807, 2.05) is 0 Å². The summed E-state index contributed by atoms with van der Waals surface area (Å²) in [6, 6.07) is 2.18. The van der Waals surface area contributed by atoms with Crippen molar-refractivity contribution in [3.8, 4) is 0 Å². The maximum absolute atomic E-state index is 4.78. The van der Waals surface area contributed by atoms with Crippen molar-refractivity contribution in [2.75, 3.05) is 25.0 Å². The van der Waals surface area contributed by atoms with Crippen molar-refractivity contribution in [1.29, 1.82) is 0 Å². The molecule has 0 aliphatic heterocycles. The van der Waals surface area contributed by atoms with Gasteiger partial charge >= 0.3 is 0 Å². The average molecular weight is 261 g/mol. The minimum atomic E-state index is 0.861. The molecule has 0 aromatic carbocycles. The first kappa shape index (κ1) is 14.3. The Hall–Kier alpha value is -1.09. The SMILES string of the molecule is CCNCc1c(C)cc(C)nc1N(C)CC1CC1C. The summed E-state index contributed by atoms with van der Waals surface area (Å²) in [6.07, 6.45) is 1.37. The number of hydrogen-bond acceptors (Lipinski definition) is 3. The van der Waals surface area contributed by atoms with Gasteiger partial charge in [-0.05, 0) is 50.3 Å². The summed E-state index contributed by atoms with van der Waals surface area (Å²) in [5, 5.41) is 3.43. The summed E-state index contributed by atoms with van der Waals surface area (Å²) in [7, 11) is 2.18. The number of anilines is 1. The molecule has 1 aromatic heterocycles. The van der Waals surface area contributed by atoms with Crippen LogP contribution in [0.4, 0.5) is 5.82 Å². The number of nitrogens with one attached hydrogen (secondary N) is 1. The van der Waals surface area contributed by atoms with Crippen LogP contribution in [0.5, 0.6) is 0 Å². The molecule has 0 radical (unpaired) electrons. The van der Waals surface area contributed by atoms with E-state index in [1.54, 1.807) is 0 Å². The highest BCUT2D eigenvalue weighted by Gasteiger charge is 2.33. The molecular formula is C16H27N3. The Morgan fingerprint density at radius 2 is 2.11 bits per heavy atom. The van der Waals surface area contributed by atoms with E-state index in [-0.39, 0.29) is 0 Å². The van der Waals surface area contributed by atoms with Crippen molar-refractivity contribution in [3.05, 3.63) is 22.9 Å². The lowest BCUT2D eigenvalue weighted by molar-refractivity contribution is 0.693. The molecule has 0 saturated heterocycles. The molecule has 19 heavy (non-hydrogen) atoms. The fourth-order valence-electron chi connectivity index (χ4n) is 2.72. The van der Waals surface area contributed by atoms with Gasteiger partial charge in [0.15, 0.2) is 0 Å². The van der Waals surface area contributed by atoms with E-state index in [0.717, 1.165) is 43.0 Å². The Bertz CT molecular complexity index is 442. The van der Waals surface area contributed by atoms with Crippen LogP contribution in [-0.2, 0) is 6.54 Å². The van der Waals surface area contributed by atoms with E-state index in [9.17, 15) is 0 Å². The third-order valence-electron chi connectivity index (χ3n) is 4.15. The van der Waals surface area contributed by atoms with E-state index in [1.165, 1.54) is 17.5 Å². The van der Waals surface area contributed by atoms with Crippen molar-refractivity contribution >= 4 is 5.82 Å². The third-order valence-corrected chi connectivity index (χ3v) is 4.15. The zero-order valence-electron chi connectivity index (χ0n) is 13.0. The molecular weight excluding hydrogens is 234 g/mol. The lowest BCUT2D eigenvalue weighted by Gasteiger charge is -2.23. The molecule has 1 fully saturated rings. The number of nitrogens with zero attached hydrogens (tertiary/aromatic N) is 2. The number of aromatic nitrogens is 1. The van der Waals surface area contributed by atoms with E-state index in [0.29, 0.717) is 0 Å². The molecule has 2 rings (SSSR count). The van der Waals surface area contributed by atoms with Gasteiger partial charge in [0, 0.05) is 31.4 Å². The van der Waals surface area contributed by atoms with Crippen LogP contribution in [0.2, 0.25) is 0 Å². The zero-order chi connectivity index (χ0) is 14.0. The van der Waals surface area contributed by atoms with Gasteiger partial charge in [-0.1, -0.05) is 13.8 Å². The summed E-state index contributed by atoms with van der Waals surface area (Å²) >= 11 is 0. The zero-order valence-corrected chi connectivity index (χ0v) is 13.0. The molecule has 3 heteroatoms. The van der Waals surface area contributed by atoms with Gasteiger partial charge in [0.25, 0.3) is 0 Å². The summed E-state index contributed by atoms with van der Waals surface area (Å²) in [5.74, 6) is 2.92. The van der Waals surface area contributed by atoms with Crippen LogP contribution in [0.25, 0.3) is 0 Å². The van der Waals surface area contributed by atoms with Gasteiger partial charge in [-0.3, -0.25) is 0 Å². The van der Waals surface area contributed by atoms with Gasteiger partial charge in [-0.15, -0.1) is 0 Å². The summed E-state index contributed by atoms with van der Waals surface area (Å²) in [4.78, 5) is 7.13. The van der Waals surface area contributed by atoms with Crippen LogP contribution in [0.3, 0.4) is 0 Å². The first-order valence-corrected chi connectivity index (χ1v) is 7.41. The van der Waals surface area contributed by atoms with Gasteiger partial charge < -0.3 is 10.2 Å². The summed E-state index contributed by atoms with van der Waals surface area (Å²) in [6.45, 7) is 11.8. The molecule has 0 spiro atoms. The average Bonchev–Trinajstić information content (AvgIpc) is 3.02. The van der Waals surface area contributed by atoms with Gasteiger partial charge in [0.2, 0.25) is 0 Å². The second kappa shape index (κ2) is 5.91. The van der Waals surface area contributed by atoms with Crippen LogP contribution in [0.15, 0.2) is 6.07 Å². The first-order valence-electron chi connectivity index (χ1n) is 7.41. The number of rotatable bonds is 6. The van der Waals surface area contributed by atoms with E-state index in [2.05, 4.69) is 51.0 Å². The number of hydrogen-bond donors (Lipinski definition) is 1. The second-order valence-electron chi connectivity index (χ2n) is 6.02. The van der Waals surface area contributed by atoms with Crippen LogP contribution in [0, 0.1) is 25.7 Å². The minimum absolute atomic E-state index is 0.861. The largest absolute Gasteiger partial charge is 0.359 e. The molecule has 2 atom stereocenters. The number of aryl methyl sites for hydroxylation is 2. The minimum Gasteiger partial charge on any atom is -0.359 e. The topological polar surface area (TPSA) is 28.2 Å². The second-order valence-corrected chi connectivity index (χ2v) is 6.02. The molecule has 1 aromatic rings. The van der Waals surface area contributed by atoms with Crippen molar-refractivity contribution in [3.63, 3.8) is 0 Å². The van der Waals surface area contributed by atoms with E-state index >= 15 is 0 Å². The molecule has 1 aliphatic rings. The molecule has 0 bridgehead atoms. The molecule has 1 aliphatic carbocycles. The molecule has 1 heterocycles. The van der Waals surface area contributed by atoms with Crippen LogP contribution >= 0.6 is 0 Å². The van der Waals surface area contributed by atoms with Gasteiger partial charge in [0.1, 0.15) is 5.82 Å². The fourth-order valence-corrected chi connectivity index (χ4v) is 2.72. The quantitative estimate of drug-likeness (QED) is 0.853. The van der Waals surface area contributed by atoms with Crippen molar-refractivity contribution < 1.29 is 0 Å². The Morgan fingerprint density at radius 1 is 1.42 bits per heavy atom. The summed E-state index contributed by atoms with van der Waals surface area (Å²) in [5.41, 5.74) is 3.81. The van der Waals surface area contributed by atoms with Gasteiger partial charge in [-0.25, -0.2) is 4.98 Å². The van der Waals surface area contributed by atoms with Gasteiger partial charge in [0.05, 0.1) is 0 Å². The first-order chi connectivity index (χ1) is 9.02. The Morgan fingerprint density at radius 3 is 2.68 bits per heavy atom. The Balaban J connectivity index is 2.20. The van der Waals surface area contributed by atoms with Crippen LogP contribution in [0.1, 0.15) is 37.1 Å². The van der Waals surface area contributed by atoms with Crippen LogP contribution in [-0.4, -0.2) is 25.1 Å². The lowest BCUT2D eigenvalue weighted by Crippen LogP contribution is -2.25. The smallest absolute Gasteiger partial charge is 0.133 e. The molecule has 1 N–H and O–H groups in total. The molecule has 0 amide bonds. The van der Waals surface area contributed by atoms with Crippen molar-refractivity contribution in [2.24, 2.45) is 11.8 Å². The standard InChI is InChI=1S/C16H27N3/c1-6-17-9-15-12(3)7-13(4)18-16(15)19(5)10-14-8-11(14)2/h7,11,14,17H,6,8-10H2,1-5H3. The highest BCUT2D eigenvalue weighted by molar-refractivity contribution is 5.51.